The summed E-state index contributed by atoms with van der Waals surface area (Å²) < 4.78 is 0. The number of aliphatic hydroxyl groups is 1. The number of aliphatic carboxylic acids is 1. The number of aromatic hydroxyl groups is 1. The molecule has 0 aliphatic rings. The van der Waals surface area contributed by atoms with Crippen molar-refractivity contribution in [2.24, 2.45) is 5.92 Å². The van der Waals surface area contributed by atoms with Crippen molar-refractivity contribution < 1.29 is 24.9 Å². The van der Waals surface area contributed by atoms with E-state index >= 15 is 0 Å². The standard InChI is InChI=1S/C19H25NO5/c1-13(9-14(2)10-19(24)25)3-8-18(23)20-16(12-21)11-15-4-6-17(22)7-5-15/h3-9,14,16,21-22H,10-12H2,1-2H3,(H,20,23)(H,24,25)/b8-3+,13-9+/t14-,16+/m0/s1. The van der Waals surface area contributed by atoms with Crippen LogP contribution in [0.4, 0.5) is 0 Å². The number of hydrogen-bond donors (Lipinski definition) is 4. The number of nitrogens with one attached hydrogen (secondary N) is 1. The number of carboxylic acids is 1. The van der Waals surface area contributed by atoms with Gasteiger partial charge in [-0.2, -0.15) is 0 Å². The third-order valence-corrected chi connectivity index (χ3v) is 3.53. The van der Waals surface area contributed by atoms with Gasteiger partial charge in [-0.05, 0) is 37.0 Å². The van der Waals surface area contributed by atoms with E-state index in [1.807, 2.05) is 0 Å². The van der Waals surface area contributed by atoms with Gasteiger partial charge in [-0.1, -0.05) is 36.8 Å². The maximum Gasteiger partial charge on any atom is 0.303 e. The van der Waals surface area contributed by atoms with Crippen LogP contribution in [0, 0.1) is 5.92 Å². The Bertz CT molecular complexity index is 634. The van der Waals surface area contributed by atoms with Crippen LogP contribution in [0.1, 0.15) is 25.8 Å². The van der Waals surface area contributed by atoms with Gasteiger partial charge in [-0.25, -0.2) is 0 Å². The topological polar surface area (TPSA) is 107 Å². The zero-order valence-electron chi connectivity index (χ0n) is 14.5. The van der Waals surface area contributed by atoms with Crippen LogP contribution in [-0.2, 0) is 16.0 Å². The van der Waals surface area contributed by atoms with E-state index in [0.29, 0.717) is 6.42 Å². The zero-order valence-corrected chi connectivity index (χ0v) is 14.5. The summed E-state index contributed by atoms with van der Waals surface area (Å²) in [5, 5.41) is 30.1. The molecule has 0 spiro atoms. The normalized spacial score (nSPS) is 14.3. The average molecular weight is 347 g/mol. The Morgan fingerprint density at radius 1 is 1.20 bits per heavy atom. The number of benzene rings is 1. The van der Waals surface area contributed by atoms with Gasteiger partial charge in [0.25, 0.3) is 0 Å². The van der Waals surface area contributed by atoms with Crippen LogP contribution in [0.5, 0.6) is 5.75 Å². The van der Waals surface area contributed by atoms with Crippen molar-refractivity contribution in [1.29, 1.82) is 0 Å². The van der Waals surface area contributed by atoms with Gasteiger partial charge in [-0.3, -0.25) is 9.59 Å². The van der Waals surface area contributed by atoms with Crippen LogP contribution in [-0.4, -0.2) is 39.8 Å². The van der Waals surface area contributed by atoms with E-state index in [9.17, 15) is 19.8 Å². The molecule has 6 nitrogen and oxygen atoms in total. The smallest absolute Gasteiger partial charge is 0.303 e. The average Bonchev–Trinajstić information content (AvgIpc) is 2.53. The summed E-state index contributed by atoms with van der Waals surface area (Å²) in [6.07, 6.45) is 5.25. The molecule has 1 aromatic carbocycles. The largest absolute Gasteiger partial charge is 0.508 e. The summed E-state index contributed by atoms with van der Waals surface area (Å²) in [5.74, 6) is -1.16. The maximum absolute atomic E-state index is 12.0. The highest BCUT2D eigenvalue weighted by Crippen LogP contribution is 2.11. The van der Waals surface area contributed by atoms with Crippen molar-refractivity contribution in [1.82, 2.24) is 5.32 Å². The fraction of sp³-hybridized carbons (Fsp3) is 0.368. The number of aliphatic hydroxyl groups excluding tert-OH is 1. The van der Waals surface area contributed by atoms with Gasteiger partial charge in [0.1, 0.15) is 5.75 Å². The second-order valence-electron chi connectivity index (χ2n) is 6.08. The van der Waals surface area contributed by atoms with Crippen LogP contribution in [0.3, 0.4) is 0 Å². The van der Waals surface area contributed by atoms with E-state index in [2.05, 4.69) is 5.32 Å². The van der Waals surface area contributed by atoms with Crippen LogP contribution < -0.4 is 5.32 Å². The van der Waals surface area contributed by atoms with Gasteiger partial charge < -0.3 is 20.6 Å². The van der Waals surface area contributed by atoms with Crippen molar-refractivity contribution in [3.8, 4) is 5.75 Å². The lowest BCUT2D eigenvalue weighted by atomic mass is 10.0. The fourth-order valence-electron chi connectivity index (χ4n) is 2.37. The summed E-state index contributed by atoms with van der Waals surface area (Å²) in [4.78, 5) is 22.6. The molecule has 0 unspecified atom stereocenters. The van der Waals surface area contributed by atoms with E-state index in [0.717, 1.165) is 11.1 Å². The summed E-state index contributed by atoms with van der Waals surface area (Å²) in [5.41, 5.74) is 1.68. The highest BCUT2D eigenvalue weighted by Gasteiger charge is 2.10. The van der Waals surface area contributed by atoms with Crippen molar-refractivity contribution in [3.63, 3.8) is 0 Å². The minimum atomic E-state index is -0.863. The monoisotopic (exact) mass is 347 g/mol. The summed E-state index contributed by atoms with van der Waals surface area (Å²) in [6.45, 7) is 3.39. The van der Waals surface area contributed by atoms with Crippen LogP contribution in [0.25, 0.3) is 0 Å². The first-order chi connectivity index (χ1) is 11.8. The summed E-state index contributed by atoms with van der Waals surface area (Å²) >= 11 is 0. The van der Waals surface area contributed by atoms with Crippen LogP contribution in [0.15, 0.2) is 48.1 Å². The Morgan fingerprint density at radius 3 is 2.40 bits per heavy atom. The Balaban J connectivity index is 2.56. The maximum atomic E-state index is 12.0. The van der Waals surface area contributed by atoms with Crippen molar-refractivity contribution >= 4 is 11.9 Å². The lowest BCUT2D eigenvalue weighted by molar-refractivity contribution is -0.137. The molecule has 2 atom stereocenters. The van der Waals surface area contributed by atoms with Gasteiger partial charge in [0.2, 0.25) is 5.91 Å². The molecule has 25 heavy (non-hydrogen) atoms. The quantitative estimate of drug-likeness (QED) is 0.404. The number of carbonyl (C=O) groups excluding carboxylic acids is 1. The number of phenols is 1. The van der Waals surface area contributed by atoms with E-state index in [-0.39, 0.29) is 30.6 Å². The summed E-state index contributed by atoms with van der Waals surface area (Å²) in [7, 11) is 0. The summed E-state index contributed by atoms with van der Waals surface area (Å²) in [6, 6.07) is 6.14. The molecule has 136 valence electrons. The van der Waals surface area contributed by atoms with Gasteiger partial charge in [0.15, 0.2) is 0 Å². The fourth-order valence-corrected chi connectivity index (χ4v) is 2.37. The van der Waals surface area contributed by atoms with Crippen molar-refractivity contribution in [3.05, 3.63) is 53.6 Å². The molecule has 1 aromatic rings. The van der Waals surface area contributed by atoms with Crippen molar-refractivity contribution in [2.45, 2.75) is 32.7 Å². The highest BCUT2D eigenvalue weighted by atomic mass is 16.4. The lowest BCUT2D eigenvalue weighted by Crippen LogP contribution is -2.38. The second kappa shape index (κ2) is 10.3. The van der Waals surface area contributed by atoms with Crippen molar-refractivity contribution in [2.75, 3.05) is 6.61 Å². The number of rotatable bonds is 9. The minimum absolute atomic E-state index is 0.0383. The third kappa shape index (κ3) is 8.72. The number of carbonyl (C=O) groups is 2. The van der Waals surface area contributed by atoms with Gasteiger partial charge >= 0.3 is 5.97 Å². The number of phenolic OH excluding ortho intramolecular Hbond substituents is 1. The number of hydrogen-bond acceptors (Lipinski definition) is 4. The molecule has 0 saturated carbocycles. The molecule has 6 heteroatoms. The first-order valence-electron chi connectivity index (χ1n) is 8.07. The lowest BCUT2D eigenvalue weighted by Gasteiger charge is -2.15. The predicted octanol–water partition coefficient (Wildman–Crippen LogP) is 2.03. The molecule has 0 fully saturated rings. The minimum Gasteiger partial charge on any atom is -0.508 e. The molecule has 1 amide bonds. The molecule has 1 rings (SSSR count). The van der Waals surface area contributed by atoms with E-state index < -0.39 is 12.0 Å². The molecular weight excluding hydrogens is 322 g/mol. The van der Waals surface area contributed by atoms with Gasteiger partial charge in [0.05, 0.1) is 19.1 Å². The van der Waals surface area contributed by atoms with Crippen LogP contribution >= 0.6 is 0 Å². The second-order valence-corrected chi connectivity index (χ2v) is 6.08. The molecule has 4 N–H and O–H groups in total. The predicted molar refractivity (Wildman–Crippen MR) is 95.1 cm³/mol. The number of allylic oxidation sites excluding steroid dienone is 3. The molecule has 0 radical (unpaired) electrons. The molecule has 0 aliphatic carbocycles. The molecule has 0 saturated heterocycles. The molecule has 0 aliphatic heterocycles. The van der Waals surface area contributed by atoms with Crippen LogP contribution in [0.2, 0.25) is 0 Å². The first-order valence-corrected chi connectivity index (χ1v) is 8.07. The molecule has 0 heterocycles. The SMILES string of the molecule is CC(/C=C/C(=O)N[C@@H](CO)Cc1ccc(O)cc1)=C\[C@H](C)CC(=O)O. The Morgan fingerprint density at radius 2 is 1.84 bits per heavy atom. The van der Waals surface area contributed by atoms with E-state index in [4.69, 9.17) is 5.11 Å². The number of amides is 1. The third-order valence-electron chi connectivity index (χ3n) is 3.53. The van der Waals surface area contributed by atoms with Gasteiger partial charge in [0, 0.05) is 6.08 Å². The zero-order chi connectivity index (χ0) is 18.8. The van der Waals surface area contributed by atoms with E-state index in [1.165, 1.54) is 6.08 Å². The first kappa shape index (κ1) is 20.4. The highest BCUT2D eigenvalue weighted by molar-refractivity contribution is 5.88. The number of carboxylic acid groups (broad SMARTS) is 1. The molecule has 0 aromatic heterocycles. The van der Waals surface area contributed by atoms with Gasteiger partial charge in [-0.15, -0.1) is 0 Å². The Hall–Kier alpha value is -2.60. The van der Waals surface area contributed by atoms with E-state index in [1.54, 1.807) is 50.3 Å². The Labute approximate surface area is 147 Å². The molecular formula is C19H25NO5. The molecule has 0 bridgehead atoms. The Kier molecular flexibility index (Phi) is 8.43.